The Bertz CT molecular complexity index is 906. The Morgan fingerprint density at radius 1 is 1.36 bits per heavy atom. The monoisotopic (exact) mass is 338 g/mol. The zero-order chi connectivity index (χ0) is 17.4. The Kier molecular flexibility index (Phi) is 4.05. The van der Waals surface area contributed by atoms with Gasteiger partial charge in [-0.25, -0.2) is 0 Å². The highest BCUT2D eigenvalue weighted by atomic mass is 16.5. The SMILES string of the molecule is COc1cc2c(cc1CNC(C)c1nnc3ccccn13)OC(C)C2. The van der Waals surface area contributed by atoms with Crippen LogP contribution in [0.15, 0.2) is 36.5 Å². The van der Waals surface area contributed by atoms with E-state index in [1.165, 1.54) is 5.56 Å². The van der Waals surface area contributed by atoms with Gasteiger partial charge in [-0.3, -0.25) is 4.40 Å². The van der Waals surface area contributed by atoms with E-state index in [-0.39, 0.29) is 12.1 Å². The van der Waals surface area contributed by atoms with Crippen molar-refractivity contribution in [2.75, 3.05) is 7.11 Å². The van der Waals surface area contributed by atoms with Crippen molar-refractivity contribution in [3.05, 3.63) is 53.5 Å². The number of rotatable bonds is 5. The van der Waals surface area contributed by atoms with Crippen LogP contribution in [-0.2, 0) is 13.0 Å². The van der Waals surface area contributed by atoms with Crippen LogP contribution in [0.3, 0.4) is 0 Å². The summed E-state index contributed by atoms with van der Waals surface area (Å²) in [5.74, 6) is 2.74. The van der Waals surface area contributed by atoms with Crippen molar-refractivity contribution >= 4 is 5.65 Å². The topological polar surface area (TPSA) is 60.7 Å². The zero-order valence-electron chi connectivity index (χ0n) is 14.7. The third kappa shape index (κ3) is 2.93. The summed E-state index contributed by atoms with van der Waals surface area (Å²) in [7, 11) is 1.71. The molecule has 1 N–H and O–H groups in total. The lowest BCUT2D eigenvalue weighted by atomic mass is 10.1. The molecule has 0 saturated heterocycles. The predicted octanol–water partition coefficient (Wildman–Crippen LogP) is 2.91. The zero-order valence-corrected chi connectivity index (χ0v) is 14.7. The van der Waals surface area contributed by atoms with Crippen molar-refractivity contribution in [1.82, 2.24) is 19.9 Å². The Labute approximate surface area is 146 Å². The van der Waals surface area contributed by atoms with Crippen LogP contribution in [0.2, 0.25) is 0 Å². The van der Waals surface area contributed by atoms with Crippen molar-refractivity contribution in [3.8, 4) is 11.5 Å². The van der Waals surface area contributed by atoms with Crippen molar-refractivity contribution in [2.45, 2.75) is 39.0 Å². The Morgan fingerprint density at radius 2 is 2.24 bits per heavy atom. The van der Waals surface area contributed by atoms with Gasteiger partial charge in [0, 0.05) is 30.3 Å². The van der Waals surface area contributed by atoms with E-state index in [4.69, 9.17) is 9.47 Å². The normalized spacial score (nSPS) is 17.3. The van der Waals surface area contributed by atoms with Gasteiger partial charge < -0.3 is 14.8 Å². The van der Waals surface area contributed by atoms with Gasteiger partial charge >= 0.3 is 0 Å². The van der Waals surface area contributed by atoms with Gasteiger partial charge in [0.2, 0.25) is 0 Å². The van der Waals surface area contributed by atoms with E-state index in [0.29, 0.717) is 6.54 Å². The van der Waals surface area contributed by atoms with Crippen LogP contribution in [0.5, 0.6) is 11.5 Å². The molecule has 0 bridgehead atoms. The van der Waals surface area contributed by atoms with Crippen LogP contribution < -0.4 is 14.8 Å². The van der Waals surface area contributed by atoms with Gasteiger partial charge in [-0.05, 0) is 38.1 Å². The molecule has 0 radical (unpaired) electrons. The fraction of sp³-hybridized carbons (Fsp3) is 0.368. The van der Waals surface area contributed by atoms with E-state index in [9.17, 15) is 0 Å². The number of nitrogens with zero attached hydrogens (tertiary/aromatic N) is 3. The molecule has 6 heteroatoms. The highest BCUT2D eigenvalue weighted by Crippen LogP contribution is 2.35. The Hall–Kier alpha value is -2.60. The van der Waals surface area contributed by atoms with E-state index >= 15 is 0 Å². The molecule has 0 spiro atoms. The average molecular weight is 338 g/mol. The summed E-state index contributed by atoms with van der Waals surface area (Å²) in [6.07, 6.45) is 3.14. The molecule has 0 aliphatic carbocycles. The fourth-order valence-electron chi connectivity index (χ4n) is 3.32. The molecule has 2 atom stereocenters. The number of benzene rings is 1. The summed E-state index contributed by atoms with van der Waals surface area (Å²) in [6.45, 7) is 4.84. The van der Waals surface area contributed by atoms with Crippen LogP contribution >= 0.6 is 0 Å². The Balaban J connectivity index is 1.54. The molecular weight excluding hydrogens is 316 g/mol. The maximum atomic E-state index is 5.87. The van der Waals surface area contributed by atoms with Crippen LogP contribution in [0, 0.1) is 0 Å². The number of nitrogens with one attached hydrogen (secondary N) is 1. The minimum absolute atomic E-state index is 0.0511. The van der Waals surface area contributed by atoms with Crippen LogP contribution in [0.1, 0.15) is 36.8 Å². The molecule has 0 amide bonds. The molecule has 130 valence electrons. The lowest BCUT2D eigenvalue weighted by molar-refractivity contribution is 0.254. The summed E-state index contributed by atoms with van der Waals surface area (Å²) in [4.78, 5) is 0. The minimum atomic E-state index is 0.0511. The van der Waals surface area contributed by atoms with Crippen molar-refractivity contribution in [1.29, 1.82) is 0 Å². The lowest BCUT2D eigenvalue weighted by Crippen LogP contribution is -2.20. The second-order valence-corrected chi connectivity index (χ2v) is 6.49. The highest BCUT2D eigenvalue weighted by Gasteiger charge is 2.22. The van der Waals surface area contributed by atoms with Crippen LogP contribution in [0.4, 0.5) is 0 Å². The second kappa shape index (κ2) is 6.37. The molecule has 25 heavy (non-hydrogen) atoms. The summed E-state index contributed by atoms with van der Waals surface area (Å²) in [6, 6.07) is 10.1. The summed E-state index contributed by atoms with van der Waals surface area (Å²) in [5, 5.41) is 12.0. The molecule has 1 aliphatic heterocycles. The van der Waals surface area contributed by atoms with Gasteiger partial charge in [-0.2, -0.15) is 0 Å². The molecule has 4 rings (SSSR count). The molecule has 2 unspecified atom stereocenters. The molecule has 0 saturated carbocycles. The molecule has 0 fully saturated rings. The number of aromatic nitrogens is 3. The smallest absolute Gasteiger partial charge is 0.160 e. The highest BCUT2D eigenvalue weighted by molar-refractivity contribution is 5.48. The van der Waals surface area contributed by atoms with Crippen LogP contribution in [0.25, 0.3) is 5.65 Å². The summed E-state index contributed by atoms with van der Waals surface area (Å²) < 4.78 is 13.4. The lowest BCUT2D eigenvalue weighted by Gasteiger charge is -2.15. The average Bonchev–Trinajstić information content (AvgIpc) is 3.20. The first-order valence-electron chi connectivity index (χ1n) is 8.55. The summed E-state index contributed by atoms with van der Waals surface area (Å²) >= 11 is 0. The maximum absolute atomic E-state index is 5.87. The molecule has 3 heterocycles. The van der Waals surface area contributed by atoms with Gasteiger partial charge in [0.05, 0.1) is 13.2 Å². The first-order chi connectivity index (χ1) is 12.2. The van der Waals surface area contributed by atoms with Gasteiger partial charge in [0.25, 0.3) is 0 Å². The van der Waals surface area contributed by atoms with E-state index < -0.39 is 0 Å². The van der Waals surface area contributed by atoms with E-state index in [2.05, 4.69) is 41.5 Å². The van der Waals surface area contributed by atoms with E-state index in [1.54, 1.807) is 7.11 Å². The predicted molar refractivity (Wildman–Crippen MR) is 95.0 cm³/mol. The largest absolute Gasteiger partial charge is 0.496 e. The molecule has 2 aromatic heterocycles. The van der Waals surface area contributed by atoms with E-state index in [1.807, 2.05) is 28.8 Å². The maximum Gasteiger partial charge on any atom is 0.160 e. The third-order valence-electron chi connectivity index (χ3n) is 4.63. The van der Waals surface area contributed by atoms with Gasteiger partial charge in [0.1, 0.15) is 17.6 Å². The fourth-order valence-corrected chi connectivity index (χ4v) is 3.32. The third-order valence-corrected chi connectivity index (χ3v) is 4.63. The van der Waals surface area contributed by atoms with Gasteiger partial charge in [-0.15, -0.1) is 10.2 Å². The molecule has 1 aliphatic rings. The minimum Gasteiger partial charge on any atom is -0.496 e. The van der Waals surface area contributed by atoms with Crippen molar-refractivity contribution in [3.63, 3.8) is 0 Å². The number of methoxy groups -OCH3 is 1. The number of pyridine rings is 1. The quantitative estimate of drug-likeness (QED) is 0.775. The number of hydrogen-bond donors (Lipinski definition) is 1. The standard InChI is InChI=1S/C19H22N4O2/c1-12-8-14-9-16(24-3)15(10-17(14)25-12)11-20-13(2)19-22-21-18-6-4-5-7-23(18)19/h4-7,9-10,12-13,20H,8,11H2,1-3H3. The summed E-state index contributed by atoms with van der Waals surface area (Å²) in [5.41, 5.74) is 3.14. The second-order valence-electron chi connectivity index (χ2n) is 6.49. The van der Waals surface area contributed by atoms with Gasteiger partial charge in [-0.1, -0.05) is 6.07 Å². The van der Waals surface area contributed by atoms with Crippen molar-refractivity contribution in [2.24, 2.45) is 0 Å². The Morgan fingerprint density at radius 3 is 3.08 bits per heavy atom. The first-order valence-corrected chi connectivity index (χ1v) is 8.55. The number of ether oxygens (including phenoxy) is 2. The molecular formula is C19H22N4O2. The van der Waals surface area contributed by atoms with Crippen molar-refractivity contribution < 1.29 is 9.47 Å². The van der Waals surface area contributed by atoms with E-state index in [0.717, 1.165) is 35.0 Å². The number of fused-ring (bicyclic) bond motifs is 2. The first kappa shape index (κ1) is 15.9. The number of hydrogen-bond acceptors (Lipinski definition) is 5. The van der Waals surface area contributed by atoms with Gasteiger partial charge in [0.15, 0.2) is 11.5 Å². The molecule has 6 nitrogen and oxygen atoms in total. The molecule has 3 aromatic rings. The van der Waals surface area contributed by atoms with Crippen LogP contribution in [-0.4, -0.2) is 27.8 Å². The molecule has 1 aromatic carbocycles.